The molecule has 0 unspecified atom stereocenters. The lowest BCUT2D eigenvalue weighted by Gasteiger charge is -2.12. The predicted octanol–water partition coefficient (Wildman–Crippen LogP) is 5.69. The fraction of sp³-hybridized carbons (Fsp3) is 0.115. The molecule has 0 fully saturated rings. The summed E-state index contributed by atoms with van der Waals surface area (Å²) in [6, 6.07) is 18.8. The molecule has 1 aromatic heterocycles. The maximum absolute atomic E-state index is 10.7. The Kier molecular flexibility index (Phi) is 6.12. The Morgan fingerprint density at radius 2 is 1.72 bits per heavy atom. The summed E-state index contributed by atoms with van der Waals surface area (Å²) in [5, 5.41) is 17.9. The van der Waals surface area contributed by atoms with Crippen molar-refractivity contribution < 1.29 is 19.3 Å². The molecule has 4 aromatic rings. The van der Waals surface area contributed by atoms with Crippen LogP contribution in [0.2, 0.25) is 0 Å². The van der Waals surface area contributed by atoms with Crippen molar-refractivity contribution >= 4 is 6.08 Å². The van der Waals surface area contributed by atoms with Crippen LogP contribution in [0.15, 0.2) is 73.4 Å². The van der Waals surface area contributed by atoms with Gasteiger partial charge in [0.1, 0.15) is 18.1 Å². The molecule has 0 bridgehead atoms. The number of ether oxygens (including phenoxy) is 3. The molecular formula is C26H24N2O4. The van der Waals surface area contributed by atoms with Gasteiger partial charge in [-0.1, -0.05) is 43.0 Å². The van der Waals surface area contributed by atoms with Gasteiger partial charge in [-0.05, 0) is 41.0 Å². The molecule has 0 aliphatic carbocycles. The number of hydrogen-bond donors (Lipinski definition) is 2. The molecule has 0 aliphatic heterocycles. The first kappa shape index (κ1) is 21.1. The van der Waals surface area contributed by atoms with E-state index in [0.29, 0.717) is 35.1 Å². The average molecular weight is 428 g/mol. The molecule has 0 radical (unpaired) electrons. The van der Waals surface area contributed by atoms with E-state index in [1.54, 1.807) is 32.6 Å². The minimum Gasteiger partial charge on any atom is -0.507 e. The zero-order chi connectivity index (χ0) is 22.5. The summed E-state index contributed by atoms with van der Waals surface area (Å²) in [6.45, 7) is 4.16. The van der Waals surface area contributed by atoms with Crippen LogP contribution in [0.1, 0.15) is 11.1 Å². The number of aromatic amines is 1. The smallest absolute Gasteiger partial charge is 0.161 e. The standard InChI is InChI=1S/C26H24N2O4/c1-4-17-5-7-18(8-6-17)16-32-20-10-11-21(23(29)14-20)26-22(15-27-28-26)19-9-12-24(30-2)25(13-19)31-3/h4-15,29H,1,16H2,2-3H3,(H,27,28). The van der Waals surface area contributed by atoms with Crippen LogP contribution in [0.4, 0.5) is 0 Å². The Hall–Kier alpha value is -4.19. The third-order valence-corrected chi connectivity index (χ3v) is 5.19. The van der Waals surface area contributed by atoms with Gasteiger partial charge in [0.25, 0.3) is 0 Å². The summed E-state index contributed by atoms with van der Waals surface area (Å²) in [4.78, 5) is 0. The number of hydrogen-bond acceptors (Lipinski definition) is 5. The molecule has 0 atom stereocenters. The number of H-pyrrole nitrogens is 1. The topological polar surface area (TPSA) is 76.6 Å². The number of benzene rings is 3. The second-order valence-electron chi connectivity index (χ2n) is 7.14. The highest BCUT2D eigenvalue weighted by Gasteiger charge is 2.16. The highest BCUT2D eigenvalue weighted by molar-refractivity contribution is 5.84. The number of methoxy groups -OCH3 is 2. The molecule has 32 heavy (non-hydrogen) atoms. The molecule has 6 nitrogen and oxygen atoms in total. The van der Waals surface area contributed by atoms with E-state index in [2.05, 4.69) is 16.8 Å². The second-order valence-corrected chi connectivity index (χ2v) is 7.14. The lowest BCUT2D eigenvalue weighted by atomic mass is 10.0. The minimum absolute atomic E-state index is 0.0930. The molecule has 0 aliphatic rings. The Bertz CT molecular complexity index is 1230. The van der Waals surface area contributed by atoms with Gasteiger partial charge >= 0.3 is 0 Å². The Morgan fingerprint density at radius 3 is 2.41 bits per heavy atom. The number of aromatic nitrogens is 2. The van der Waals surface area contributed by atoms with Crippen molar-refractivity contribution in [1.82, 2.24) is 10.2 Å². The van der Waals surface area contributed by atoms with Crippen molar-refractivity contribution in [3.8, 4) is 45.4 Å². The van der Waals surface area contributed by atoms with Gasteiger partial charge in [-0.3, -0.25) is 5.10 Å². The van der Waals surface area contributed by atoms with Crippen molar-refractivity contribution in [3.05, 3.63) is 84.6 Å². The molecule has 0 saturated heterocycles. The minimum atomic E-state index is 0.0930. The normalized spacial score (nSPS) is 10.6. The molecule has 0 amide bonds. The van der Waals surface area contributed by atoms with Crippen LogP contribution in [0.5, 0.6) is 23.0 Å². The molecular weight excluding hydrogens is 404 g/mol. The number of aromatic hydroxyl groups is 1. The van der Waals surface area contributed by atoms with E-state index in [0.717, 1.165) is 22.3 Å². The number of nitrogens with one attached hydrogen (secondary N) is 1. The largest absolute Gasteiger partial charge is 0.507 e. The second kappa shape index (κ2) is 9.31. The van der Waals surface area contributed by atoms with Gasteiger partial charge in [-0.25, -0.2) is 0 Å². The van der Waals surface area contributed by atoms with E-state index in [9.17, 15) is 5.11 Å². The highest BCUT2D eigenvalue weighted by Crippen LogP contribution is 2.39. The monoisotopic (exact) mass is 428 g/mol. The van der Waals surface area contributed by atoms with E-state index in [1.807, 2.05) is 54.6 Å². The van der Waals surface area contributed by atoms with Crippen LogP contribution in [0.25, 0.3) is 28.5 Å². The van der Waals surface area contributed by atoms with Crippen molar-refractivity contribution in [2.75, 3.05) is 14.2 Å². The SMILES string of the molecule is C=Cc1ccc(COc2ccc(-c3[nH]ncc3-c3ccc(OC)c(OC)c3)c(O)c2)cc1. The first-order valence-corrected chi connectivity index (χ1v) is 10.1. The summed E-state index contributed by atoms with van der Waals surface area (Å²) < 4.78 is 16.6. The third kappa shape index (κ3) is 4.30. The van der Waals surface area contributed by atoms with E-state index in [4.69, 9.17) is 14.2 Å². The summed E-state index contributed by atoms with van der Waals surface area (Å²) >= 11 is 0. The molecule has 6 heteroatoms. The Morgan fingerprint density at radius 1 is 0.938 bits per heavy atom. The summed E-state index contributed by atoms with van der Waals surface area (Å²) in [5.41, 5.74) is 5.12. The molecule has 0 spiro atoms. The van der Waals surface area contributed by atoms with Crippen LogP contribution in [0, 0.1) is 0 Å². The fourth-order valence-electron chi connectivity index (χ4n) is 3.44. The van der Waals surface area contributed by atoms with Crippen LogP contribution in [0.3, 0.4) is 0 Å². The van der Waals surface area contributed by atoms with Crippen LogP contribution >= 0.6 is 0 Å². The number of rotatable bonds is 8. The third-order valence-electron chi connectivity index (χ3n) is 5.19. The van der Waals surface area contributed by atoms with E-state index < -0.39 is 0 Å². The fourth-order valence-corrected chi connectivity index (χ4v) is 3.44. The molecule has 162 valence electrons. The first-order valence-electron chi connectivity index (χ1n) is 10.1. The maximum atomic E-state index is 10.7. The van der Waals surface area contributed by atoms with Gasteiger partial charge in [0, 0.05) is 17.2 Å². The van der Waals surface area contributed by atoms with E-state index in [1.165, 1.54) is 0 Å². The van der Waals surface area contributed by atoms with E-state index in [-0.39, 0.29) is 5.75 Å². The van der Waals surface area contributed by atoms with Crippen LogP contribution in [-0.4, -0.2) is 29.5 Å². The average Bonchev–Trinajstić information content (AvgIpc) is 3.32. The molecule has 1 heterocycles. The summed E-state index contributed by atoms with van der Waals surface area (Å²) in [7, 11) is 3.19. The van der Waals surface area contributed by atoms with E-state index >= 15 is 0 Å². The quantitative estimate of drug-likeness (QED) is 0.377. The number of phenols is 1. The number of phenolic OH excluding ortho intramolecular Hbond substituents is 1. The zero-order valence-electron chi connectivity index (χ0n) is 18.0. The molecule has 0 saturated carbocycles. The van der Waals surface area contributed by atoms with Gasteiger partial charge in [0.2, 0.25) is 0 Å². The maximum Gasteiger partial charge on any atom is 0.161 e. The lowest BCUT2D eigenvalue weighted by Crippen LogP contribution is -1.95. The molecule has 3 aromatic carbocycles. The lowest BCUT2D eigenvalue weighted by molar-refractivity contribution is 0.304. The number of nitrogens with zero attached hydrogens (tertiary/aromatic N) is 1. The van der Waals surface area contributed by atoms with Crippen LogP contribution < -0.4 is 14.2 Å². The van der Waals surface area contributed by atoms with Gasteiger partial charge in [-0.15, -0.1) is 0 Å². The van der Waals surface area contributed by atoms with Crippen LogP contribution in [-0.2, 0) is 6.61 Å². The van der Waals surface area contributed by atoms with Crippen molar-refractivity contribution in [2.45, 2.75) is 6.61 Å². The van der Waals surface area contributed by atoms with Gasteiger partial charge in [0.15, 0.2) is 11.5 Å². The van der Waals surface area contributed by atoms with Crippen molar-refractivity contribution in [1.29, 1.82) is 0 Å². The summed E-state index contributed by atoms with van der Waals surface area (Å²) in [6.07, 6.45) is 3.51. The predicted molar refractivity (Wildman–Crippen MR) is 125 cm³/mol. The Balaban J connectivity index is 1.56. The van der Waals surface area contributed by atoms with Crippen molar-refractivity contribution in [2.24, 2.45) is 0 Å². The zero-order valence-corrected chi connectivity index (χ0v) is 18.0. The molecule has 4 rings (SSSR count). The van der Waals surface area contributed by atoms with Gasteiger partial charge in [0.05, 0.1) is 26.1 Å². The van der Waals surface area contributed by atoms with Gasteiger partial charge < -0.3 is 19.3 Å². The molecule has 2 N–H and O–H groups in total. The van der Waals surface area contributed by atoms with Gasteiger partial charge in [-0.2, -0.15) is 5.10 Å². The highest BCUT2D eigenvalue weighted by atomic mass is 16.5. The Labute approximate surface area is 186 Å². The first-order chi connectivity index (χ1) is 15.6. The van der Waals surface area contributed by atoms with Crippen molar-refractivity contribution in [3.63, 3.8) is 0 Å². The summed E-state index contributed by atoms with van der Waals surface area (Å²) in [5.74, 6) is 1.93.